The summed E-state index contributed by atoms with van der Waals surface area (Å²) in [6.45, 7) is 2.06. The number of alkyl halides is 1. The minimum absolute atomic E-state index is 0.528. The van der Waals surface area contributed by atoms with Gasteiger partial charge in [-0.05, 0) is 37.7 Å². The Balaban J connectivity index is 2.13. The molecule has 3 heteroatoms. The van der Waals surface area contributed by atoms with Gasteiger partial charge in [0, 0.05) is 18.1 Å². The highest BCUT2D eigenvalue weighted by atomic mass is 79.9. The quantitative estimate of drug-likeness (QED) is 0.761. The molecule has 1 aromatic heterocycles. The Labute approximate surface area is 93.8 Å². The third-order valence-electron chi connectivity index (χ3n) is 3.35. The van der Waals surface area contributed by atoms with Crippen molar-refractivity contribution in [2.24, 2.45) is 12.5 Å². The van der Waals surface area contributed by atoms with Crippen LogP contribution < -0.4 is 0 Å². The zero-order chi connectivity index (χ0) is 10.2. The van der Waals surface area contributed by atoms with Crippen LogP contribution >= 0.6 is 15.9 Å². The summed E-state index contributed by atoms with van der Waals surface area (Å²) in [6.07, 6.45) is 5.29. The van der Waals surface area contributed by atoms with E-state index in [1.165, 1.54) is 31.4 Å². The normalized spacial score (nSPS) is 19.4. The average Bonchev–Trinajstić information content (AvgIpc) is 2.38. The molecule has 0 radical (unpaired) electrons. The molecule has 2 rings (SSSR count). The van der Waals surface area contributed by atoms with Gasteiger partial charge in [-0.2, -0.15) is 5.10 Å². The molecule has 0 saturated heterocycles. The Morgan fingerprint density at radius 1 is 1.57 bits per heavy atom. The smallest absolute Gasteiger partial charge is 0.0596 e. The zero-order valence-electron chi connectivity index (χ0n) is 8.89. The molecule has 14 heavy (non-hydrogen) atoms. The maximum absolute atomic E-state index is 4.39. The molecule has 1 aliphatic carbocycles. The van der Waals surface area contributed by atoms with E-state index in [1.54, 1.807) is 0 Å². The average molecular weight is 257 g/mol. The van der Waals surface area contributed by atoms with Crippen molar-refractivity contribution in [1.82, 2.24) is 9.78 Å². The molecule has 1 aliphatic rings. The van der Waals surface area contributed by atoms with Crippen LogP contribution in [0.5, 0.6) is 0 Å². The standard InChI is InChI=1S/C11H17BrN2/c1-9-6-10(14(2)13-9)7-11(8-12)4-3-5-11/h6H,3-5,7-8H2,1-2H3. The van der Waals surface area contributed by atoms with Gasteiger partial charge in [0.1, 0.15) is 0 Å². The van der Waals surface area contributed by atoms with Crippen molar-refractivity contribution < 1.29 is 0 Å². The van der Waals surface area contributed by atoms with Gasteiger partial charge >= 0.3 is 0 Å². The van der Waals surface area contributed by atoms with Crippen molar-refractivity contribution in [1.29, 1.82) is 0 Å². The van der Waals surface area contributed by atoms with E-state index < -0.39 is 0 Å². The topological polar surface area (TPSA) is 17.8 Å². The fourth-order valence-electron chi connectivity index (χ4n) is 2.25. The lowest BCUT2D eigenvalue weighted by Crippen LogP contribution is -2.34. The first-order chi connectivity index (χ1) is 6.65. The number of aromatic nitrogens is 2. The number of rotatable bonds is 3. The summed E-state index contributed by atoms with van der Waals surface area (Å²) >= 11 is 3.64. The van der Waals surface area contributed by atoms with Crippen LogP contribution in [0.1, 0.15) is 30.7 Å². The fourth-order valence-corrected chi connectivity index (χ4v) is 3.01. The Morgan fingerprint density at radius 3 is 2.64 bits per heavy atom. The SMILES string of the molecule is Cc1cc(CC2(CBr)CCC2)n(C)n1. The lowest BCUT2D eigenvalue weighted by atomic mass is 9.67. The van der Waals surface area contributed by atoms with Gasteiger partial charge in [0.15, 0.2) is 0 Å². The molecule has 1 heterocycles. The summed E-state index contributed by atoms with van der Waals surface area (Å²) in [6, 6.07) is 2.21. The van der Waals surface area contributed by atoms with E-state index in [0.717, 1.165) is 11.0 Å². The van der Waals surface area contributed by atoms with Gasteiger partial charge in [-0.15, -0.1) is 0 Å². The van der Waals surface area contributed by atoms with Crippen LogP contribution in [0.2, 0.25) is 0 Å². The van der Waals surface area contributed by atoms with Crippen LogP contribution in [-0.2, 0) is 13.5 Å². The van der Waals surface area contributed by atoms with E-state index in [9.17, 15) is 0 Å². The van der Waals surface area contributed by atoms with Crippen molar-refractivity contribution >= 4 is 15.9 Å². The summed E-state index contributed by atoms with van der Waals surface area (Å²) in [5.74, 6) is 0. The molecule has 0 amide bonds. The molecule has 0 aromatic carbocycles. The Hall–Kier alpha value is -0.310. The highest BCUT2D eigenvalue weighted by Gasteiger charge is 2.36. The van der Waals surface area contributed by atoms with E-state index in [2.05, 4.69) is 34.0 Å². The number of halogens is 1. The summed E-state index contributed by atoms with van der Waals surface area (Å²) in [7, 11) is 2.04. The number of aryl methyl sites for hydroxylation is 2. The molecule has 2 nitrogen and oxygen atoms in total. The number of hydrogen-bond donors (Lipinski definition) is 0. The van der Waals surface area contributed by atoms with Crippen LogP contribution in [0.3, 0.4) is 0 Å². The molecule has 0 atom stereocenters. The Morgan fingerprint density at radius 2 is 2.29 bits per heavy atom. The van der Waals surface area contributed by atoms with E-state index in [0.29, 0.717) is 5.41 Å². The van der Waals surface area contributed by atoms with E-state index in [1.807, 2.05) is 11.7 Å². The highest BCUT2D eigenvalue weighted by molar-refractivity contribution is 9.09. The van der Waals surface area contributed by atoms with Crippen molar-refractivity contribution in [3.63, 3.8) is 0 Å². The molecule has 1 saturated carbocycles. The van der Waals surface area contributed by atoms with Crippen LogP contribution in [0, 0.1) is 12.3 Å². The minimum atomic E-state index is 0.528. The molecule has 1 fully saturated rings. The van der Waals surface area contributed by atoms with Gasteiger partial charge in [-0.1, -0.05) is 22.4 Å². The third kappa shape index (κ3) is 1.74. The van der Waals surface area contributed by atoms with Gasteiger partial charge < -0.3 is 0 Å². The number of hydrogen-bond acceptors (Lipinski definition) is 1. The molecule has 0 bridgehead atoms. The first-order valence-electron chi connectivity index (χ1n) is 5.21. The van der Waals surface area contributed by atoms with E-state index in [4.69, 9.17) is 0 Å². The summed E-state index contributed by atoms with van der Waals surface area (Å²) in [4.78, 5) is 0. The summed E-state index contributed by atoms with van der Waals surface area (Å²) in [5.41, 5.74) is 3.04. The largest absolute Gasteiger partial charge is 0.272 e. The van der Waals surface area contributed by atoms with Crippen LogP contribution in [0.15, 0.2) is 6.07 Å². The van der Waals surface area contributed by atoms with Crippen LogP contribution in [-0.4, -0.2) is 15.1 Å². The van der Waals surface area contributed by atoms with Crippen LogP contribution in [0.25, 0.3) is 0 Å². The zero-order valence-corrected chi connectivity index (χ0v) is 10.5. The van der Waals surface area contributed by atoms with Gasteiger partial charge in [-0.3, -0.25) is 4.68 Å². The maximum atomic E-state index is 4.39. The molecular formula is C11H17BrN2. The van der Waals surface area contributed by atoms with Crippen molar-refractivity contribution in [2.45, 2.75) is 32.6 Å². The van der Waals surface area contributed by atoms with Crippen molar-refractivity contribution in [3.05, 3.63) is 17.5 Å². The van der Waals surface area contributed by atoms with Crippen molar-refractivity contribution in [3.8, 4) is 0 Å². The second kappa shape index (κ2) is 3.69. The van der Waals surface area contributed by atoms with E-state index in [-0.39, 0.29) is 0 Å². The second-order valence-electron chi connectivity index (χ2n) is 4.56. The van der Waals surface area contributed by atoms with Gasteiger partial charge in [0.05, 0.1) is 5.69 Å². The highest BCUT2D eigenvalue weighted by Crippen LogP contribution is 2.44. The Bertz CT molecular complexity index is 321. The first kappa shape index (κ1) is 10.2. The molecular weight excluding hydrogens is 240 g/mol. The molecule has 0 N–H and O–H groups in total. The molecule has 0 aliphatic heterocycles. The second-order valence-corrected chi connectivity index (χ2v) is 5.13. The van der Waals surface area contributed by atoms with Gasteiger partial charge in [0.2, 0.25) is 0 Å². The molecule has 0 spiro atoms. The minimum Gasteiger partial charge on any atom is -0.272 e. The third-order valence-corrected chi connectivity index (χ3v) is 4.54. The maximum Gasteiger partial charge on any atom is 0.0596 e. The summed E-state index contributed by atoms with van der Waals surface area (Å²) in [5, 5.41) is 5.52. The predicted octanol–water partition coefficient (Wildman–Crippen LogP) is 2.84. The molecule has 1 aromatic rings. The Kier molecular flexibility index (Phi) is 2.69. The monoisotopic (exact) mass is 256 g/mol. The van der Waals surface area contributed by atoms with E-state index >= 15 is 0 Å². The van der Waals surface area contributed by atoms with Gasteiger partial charge in [-0.25, -0.2) is 0 Å². The molecule has 0 unspecified atom stereocenters. The molecule has 78 valence electrons. The van der Waals surface area contributed by atoms with Crippen LogP contribution in [0.4, 0.5) is 0 Å². The predicted molar refractivity (Wildman–Crippen MR) is 61.7 cm³/mol. The van der Waals surface area contributed by atoms with Gasteiger partial charge in [0.25, 0.3) is 0 Å². The lowest BCUT2D eigenvalue weighted by Gasteiger charge is -2.40. The van der Waals surface area contributed by atoms with Crippen molar-refractivity contribution in [2.75, 3.05) is 5.33 Å². The lowest BCUT2D eigenvalue weighted by molar-refractivity contribution is 0.166. The summed E-state index contributed by atoms with van der Waals surface area (Å²) < 4.78 is 2.03. The first-order valence-corrected chi connectivity index (χ1v) is 6.33. The number of nitrogens with zero attached hydrogens (tertiary/aromatic N) is 2. The fraction of sp³-hybridized carbons (Fsp3) is 0.727.